The molecule has 0 saturated carbocycles. The first-order chi connectivity index (χ1) is 13.6. The molecule has 5 heteroatoms. The largest absolute Gasteiger partial charge is 0.341 e. The molecule has 4 rings (SSSR count). The molecule has 1 unspecified atom stereocenters. The van der Waals surface area contributed by atoms with Crippen molar-refractivity contribution in [1.82, 2.24) is 4.57 Å². The average molecular weight is 375 g/mol. The van der Waals surface area contributed by atoms with Crippen LogP contribution in [0.5, 0.6) is 0 Å². The quantitative estimate of drug-likeness (QED) is 0.541. The highest BCUT2D eigenvalue weighted by molar-refractivity contribution is 6.10. The van der Waals surface area contributed by atoms with E-state index >= 15 is 0 Å². The first-order valence-corrected chi connectivity index (χ1v) is 9.38. The van der Waals surface area contributed by atoms with Crippen molar-refractivity contribution in [3.63, 3.8) is 0 Å². The van der Waals surface area contributed by atoms with Gasteiger partial charge in [-0.1, -0.05) is 30.3 Å². The number of para-hydroxylation sites is 1. The number of rotatable bonds is 5. The van der Waals surface area contributed by atoms with Gasteiger partial charge in [0, 0.05) is 34.0 Å². The Morgan fingerprint density at radius 1 is 1.04 bits per heavy atom. The molecule has 0 saturated heterocycles. The fourth-order valence-corrected chi connectivity index (χ4v) is 3.67. The van der Waals surface area contributed by atoms with Crippen LogP contribution in [0.4, 0.5) is 10.1 Å². The molecule has 0 aliphatic rings. The number of benzene rings is 3. The number of nitrogens with one attached hydrogen (secondary N) is 1. The number of halogens is 1. The van der Waals surface area contributed by atoms with Crippen molar-refractivity contribution in [2.24, 2.45) is 5.73 Å². The Morgan fingerprint density at radius 3 is 2.50 bits per heavy atom. The molecule has 0 spiro atoms. The molecule has 0 fully saturated rings. The Kier molecular flexibility index (Phi) is 4.84. The molecule has 1 amide bonds. The van der Waals surface area contributed by atoms with Crippen LogP contribution in [0.1, 0.15) is 12.5 Å². The Labute approximate surface area is 162 Å². The van der Waals surface area contributed by atoms with Crippen LogP contribution in [0, 0.1) is 5.82 Å². The molecule has 0 radical (unpaired) electrons. The van der Waals surface area contributed by atoms with Crippen LogP contribution < -0.4 is 11.1 Å². The smallest absolute Gasteiger partial charge is 0.241 e. The lowest BCUT2D eigenvalue weighted by Gasteiger charge is -2.13. The summed E-state index contributed by atoms with van der Waals surface area (Å²) in [6.45, 7) is 2.99. The van der Waals surface area contributed by atoms with Crippen LogP contribution in [0.15, 0.2) is 66.7 Å². The summed E-state index contributed by atoms with van der Waals surface area (Å²) < 4.78 is 15.3. The van der Waals surface area contributed by atoms with E-state index in [9.17, 15) is 9.18 Å². The Bertz CT molecular complexity index is 1150. The van der Waals surface area contributed by atoms with Gasteiger partial charge in [-0.05, 0) is 55.3 Å². The molecule has 0 aliphatic heterocycles. The van der Waals surface area contributed by atoms with Gasteiger partial charge in [-0.3, -0.25) is 4.79 Å². The summed E-state index contributed by atoms with van der Waals surface area (Å²) in [5.41, 5.74) is 9.91. The van der Waals surface area contributed by atoms with Crippen LogP contribution in [0.3, 0.4) is 0 Å². The van der Waals surface area contributed by atoms with E-state index in [1.807, 2.05) is 30.3 Å². The summed E-state index contributed by atoms with van der Waals surface area (Å²) in [5.74, 6) is -0.566. The van der Waals surface area contributed by atoms with Gasteiger partial charge < -0.3 is 15.6 Å². The van der Waals surface area contributed by atoms with E-state index in [0.717, 1.165) is 28.4 Å². The highest BCUT2D eigenvalue weighted by Gasteiger charge is 2.16. The van der Waals surface area contributed by atoms with Crippen LogP contribution >= 0.6 is 0 Å². The average Bonchev–Trinajstić information content (AvgIpc) is 3.02. The number of carbonyl (C=O) groups excluding carboxylic acids is 1. The van der Waals surface area contributed by atoms with E-state index in [0.29, 0.717) is 12.1 Å². The fraction of sp³-hybridized carbons (Fsp3) is 0.174. The molecule has 4 aromatic rings. The Morgan fingerprint density at radius 2 is 1.75 bits per heavy atom. The predicted octanol–water partition coefficient (Wildman–Crippen LogP) is 4.46. The molecule has 4 nitrogen and oxygen atoms in total. The maximum Gasteiger partial charge on any atom is 0.241 e. The highest BCUT2D eigenvalue weighted by Crippen LogP contribution is 2.31. The first kappa shape index (κ1) is 18.2. The summed E-state index contributed by atoms with van der Waals surface area (Å²) in [6.07, 6.45) is 0.351. The lowest BCUT2D eigenvalue weighted by Crippen LogP contribution is -2.37. The zero-order chi connectivity index (χ0) is 19.7. The van der Waals surface area contributed by atoms with E-state index in [-0.39, 0.29) is 11.7 Å². The second kappa shape index (κ2) is 7.44. The number of hydrogen-bond acceptors (Lipinski definition) is 2. The van der Waals surface area contributed by atoms with E-state index in [1.54, 1.807) is 12.1 Å². The van der Waals surface area contributed by atoms with Gasteiger partial charge in [-0.2, -0.15) is 0 Å². The molecular weight excluding hydrogens is 353 g/mol. The van der Waals surface area contributed by atoms with Gasteiger partial charge in [0.05, 0.1) is 6.04 Å². The second-order valence-corrected chi connectivity index (χ2v) is 6.92. The van der Waals surface area contributed by atoms with E-state index in [1.165, 1.54) is 17.6 Å². The topological polar surface area (TPSA) is 60.0 Å². The minimum absolute atomic E-state index is 0.261. The molecule has 1 atom stereocenters. The highest BCUT2D eigenvalue weighted by atomic mass is 19.1. The van der Waals surface area contributed by atoms with Crippen molar-refractivity contribution in [3.05, 3.63) is 78.1 Å². The standard InChI is InChI=1S/C23H22FN3O/c1-2-27-21-6-4-3-5-18(21)19-14-17(11-12-22(19)27)26-23(28)20(25)13-15-7-9-16(24)10-8-15/h3-12,14,20H,2,13,25H2,1H3,(H,26,28). The number of aromatic nitrogens is 1. The number of amides is 1. The Hall–Kier alpha value is -3.18. The van der Waals surface area contributed by atoms with Gasteiger partial charge in [0.15, 0.2) is 0 Å². The van der Waals surface area contributed by atoms with Crippen LogP contribution in [-0.2, 0) is 17.8 Å². The molecular formula is C23H22FN3O. The zero-order valence-electron chi connectivity index (χ0n) is 15.7. The first-order valence-electron chi connectivity index (χ1n) is 9.38. The summed E-state index contributed by atoms with van der Waals surface area (Å²) in [7, 11) is 0. The minimum Gasteiger partial charge on any atom is -0.341 e. The van der Waals surface area contributed by atoms with Gasteiger partial charge in [0.2, 0.25) is 5.91 Å². The van der Waals surface area contributed by atoms with Gasteiger partial charge in [-0.15, -0.1) is 0 Å². The second-order valence-electron chi connectivity index (χ2n) is 6.92. The van der Waals surface area contributed by atoms with E-state index < -0.39 is 6.04 Å². The van der Waals surface area contributed by atoms with Crippen molar-refractivity contribution in [1.29, 1.82) is 0 Å². The van der Waals surface area contributed by atoms with E-state index in [4.69, 9.17) is 5.73 Å². The molecule has 28 heavy (non-hydrogen) atoms. The maximum absolute atomic E-state index is 13.0. The fourth-order valence-electron chi connectivity index (χ4n) is 3.67. The number of nitrogens with zero attached hydrogens (tertiary/aromatic N) is 1. The maximum atomic E-state index is 13.0. The van der Waals surface area contributed by atoms with Crippen molar-refractivity contribution in [2.45, 2.75) is 25.9 Å². The van der Waals surface area contributed by atoms with Crippen LogP contribution in [-0.4, -0.2) is 16.5 Å². The van der Waals surface area contributed by atoms with Crippen molar-refractivity contribution >= 4 is 33.4 Å². The monoisotopic (exact) mass is 375 g/mol. The SMILES string of the molecule is CCn1c2ccccc2c2cc(NC(=O)C(N)Cc3ccc(F)cc3)ccc21. The molecule has 0 bridgehead atoms. The number of nitrogens with two attached hydrogens (primary N) is 1. The Balaban J connectivity index is 1.58. The normalized spacial score (nSPS) is 12.4. The summed E-state index contributed by atoms with van der Waals surface area (Å²) >= 11 is 0. The summed E-state index contributed by atoms with van der Waals surface area (Å²) in [6, 6.07) is 19.5. The van der Waals surface area contributed by atoms with Gasteiger partial charge >= 0.3 is 0 Å². The third-order valence-corrected chi connectivity index (χ3v) is 5.06. The van der Waals surface area contributed by atoms with Crippen LogP contribution in [0.25, 0.3) is 21.8 Å². The van der Waals surface area contributed by atoms with Crippen molar-refractivity contribution in [2.75, 3.05) is 5.32 Å². The molecule has 3 aromatic carbocycles. The molecule has 1 heterocycles. The van der Waals surface area contributed by atoms with Gasteiger partial charge in [0.1, 0.15) is 5.82 Å². The van der Waals surface area contributed by atoms with Crippen molar-refractivity contribution < 1.29 is 9.18 Å². The van der Waals surface area contributed by atoms with E-state index in [2.05, 4.69) is 28.9 Å². The number of carbonyl (C=O) groups is 1. The third kappa shape index (κ3) is 3.37. The summed E-state index contributed by atoms with van der Waals surface area (Å²) in [4.78, 5) is 12.5. The molecule has 0 aliphatic carbocycles. The number of hydrogen-bond donors (Lipinski definition) is 2. The lowest BCUT2D eigenvalue weighted by atomic mass is 10.1. The number of fused-ring (bicyclic) bond motifs is 3. The summed E-state index contributed by atoms with van der Waals surface area (Å²) in [5, 5.41) is 5.17. The lowest BCUT2D eigenvalue weighted by molar-refractivity contribution is -0.117. The van der Waals surface area contributed by atoms with Gasteiger partial charge in [0.25, 0.3) is 0 Å². The van der Waals surface area contributed by atoms with Gasteiger partial charge in [-0.25, -0.2) is 4.39 Å². The third-order valence-electron chi connectivity index (χ3n) is 5.06. The zero-order valence-corrected chi connectivity index (χ0v) is 15.7. The minimum atomic E-state index is -0.710. The number of anilines is 1. The number of aryl methyl sites for hydroxylation is 1. The molecule has 1 aromatic heterocycles. The van der Waals surface area contributed by atoms with Crippen molar-refractivity contribution in [3.8, 4) is 0 Å². The van der Waals surface area contributed by atoms with Crippen LogP contribution in [0.2, 0.25) is 0 Å². The molecule has 142 valence electrons. The predicted molar refractivity (Wildman–Crippen MR) is 112 cm³/mol. The molecule has 3 N–H and O–H groups in total.